The van der Waals surface area contributed by atoms with Crippen molar-refractivity contribution in [1.29, 1.82) is 0 Å². The molecule has 0 spiro atoms. The van der Waals surface area contributed by atoms with E-state index in [1.807, 2.05) is 36.4 Å². The number of benzene rings is 2. The molecule has 192 valence electrons. The molecule has 1 aromatic heterocycles. The van der Waals surface area contributed by atoms with Gasteiger partial charge in [0.2, 0.25) is 0 Å². The number of aliphatic carboxylic acids is 1. The molecular formula is C28H33FN2O4S. The second-order valence-electron chi connectivity index (χ2n) is 9.15. The molecular weight excluding hydrogens is 479 g/mol. The van der Waals surface area contributed by atoms with E-state index < -0.39 is 18.1 Å². The topological polar surface area (TPSA) is 71.9 Å². The second kappa shape index (κ2) is 12.4. The van der Waals surface area contributed by atoms with Crippen LogP contribution in [0.5, 0.6) is 11.5 Å². The summed E-state index contributed by atoms with van der Waals surface area (Å²) in [6.07, 6.45) is 2.03. The lowest BCUT2D eigenvalue weighted by Crippen LogP contribution is -2.44. The Bertz CT molecular complexity index is 1180. The summed E-state index contributed by atoms with van der Waals surface area (Å²) in [4.78, 5) is 19.8. The highest BCUT2D eigenvalue weighted by Gasteiger charge is 2.34. The normalized spacial score (nSPS) is 19.2. The Balaban J connectivity index is 1.32. The number of aromatic nitrogens is 1. The van der Waals surface area contributed by atoms with Gasteiger partial charge >= 0.3 is 5.97 Å². The molecule has 36 heavy (non-hydrogen) atoms. The minimum Gasteiger partial charge on any atom is -0.497 e. The number of carboxylic acids is 1. The Morgan fingerprint density at radius 3 is 2.78 bits per heavy atom. The van der Waals surface area contributed by atoms with E-state index in [-0.39, 0.29) is 12.3 Å². The van der Waals surface area contributed by atoms with E-state index in [2.05, 4.69) is 16.0 Å². The number of carbonyl (C=O) groups is 1. The summed E-state index contributed by atoms with van der Waals surface area (Å²) in [5.74, 6) is 1.05. The maximum Gasteiger partial charge on any atom is 0.308 e. The third kappa shape index (κ3) is 6.48. The zero-order valence-corrected chi connectivity index (χ0v) is 21.5. The van der Waals surface area contributed by atoms with Gasteiger partial charge in [-0.05, 0) is 79.8 Å². The van der Waals surface area contributed by atoms with Crippen molar-refractivity contribution in [2.24, 2.45) is 11.8 Å². The Hall–Kier alpha value is -2.84. The Morgan fingerprint density at radius 1 is 1.19 bits per heavy atom. The molecule has 0 saturated carbocycles. The van der Waals surface area contributed by atoms with Crippen LogP contribution in [0.2, 0.25) is 0 Å². The molecule has 2 aromatic carbocycles. The highest BCUT2D eigenvalue weighted by atomic mass is 32.2. The van der Waals surface area contributed by atoms with Crippen LogP contribution in [-0.2, 0) is 4.79 Å². The van der Waals surface area contributed by atoms with Gasteiger partial charge in [0.15, 0.2) is 0 Å². The minimum absolute atomic E-state index is 0.0364. The van der Waals surface area contributed by atoms with E-state index in [9.17, 15) is 9.90 Å². The quantitative estimate of drug-likeness (QED) is 0.323. The third-order valence-electron chi connectivity index (χ3n) is 6.99. The number of rotatable bonds is 11. The first-order chi connectivity index (χ1) is 17.5. The summed E-state index contributed by atoms with van der Waals surface area (Å²) in [6.45, 7) is 2.15. The lowest BCUT2D eigenvalue weighted by atomic mass is 9.81. The van der Waals surface area contributed by atoms with Crippen molar-refractivity contribution in [3.05, 3.63) is 60.3 Å². The first-order valence-electron chi connectivity index (χ1n) is 12.3. The number of pyridine rings is 1. The second-order valence-corrected chi connectivity index (χ2v) is 10.3. The van der Waals surface area contributed by atoms with E-state index in [0.717, 1.165) is 46.8 Å². The van der Waals surface area contributed by atoms with Crippen molar-refractivity contribution in [3.8, 4) is 11.5 Å². The standard InChI is InChI=1S/C28H33FN2O4S/c1-34-20-4-3-5-22(16-20)36-15-14-31-13-11-19(25(18-31)28(32)33)6-8-26(29)23-10-12-30-27-9-7-21(35-2)17-24(23)27/h3-5,7,9-10,12,16-17,19,25-26H,6,8,11,13-15,18H2,1-2H3,(H,32,33)/t19-,25+,26-/m1/s1. The van der Waals surface area contributed by atoms with Crippen molar-refractivity contribution in [1.82, 2.24) is 9.88 Å². The SMILES string of the molecule is COc1cccc(SCCN2CC[C@@H](CC[C@@H](F)c3ccnc4ccc(OC)cc34)[C@@H](C(=O)O)C2)c1. The number of likely N-dealkylation sites (tertiary alicyclic amines) is 1. The molecule has 2 heterocycles. The third-order valence-corrected chi connectivity index (χ3v) is 7.96. The van der Waals surface area contributed by atoms with Crippen LogP contribution in [0.4, 0.5) is 4.39 Å². The van der Waals surface area contributed by atoms with Crippen molar-refractivity contribution in [2.45, 2.75) is 30.3 Å². The van der Waals surface area contributed by atoms with Crippen molar-refractivity contribution >= 4 is 28.6 Å². The molecule has 0 radical (unpaired) electrons. The predicted octanol–water partition coefficient (Wildman–Crippen LogP) is 5.86. The number of halogens is 1. The molecule has 0 aliphatic carbocycles. The summed E-state index contributed by atoms with van der Waals surface area (Å²) >= 11 is 1.74. The van der Waals surface area contributed by atoms with Crippen LogP contribution < -0.4 is 9.47 Å². The van der Waals surface area contributed by atoms with Gasteiger partial charge in [-0.2, -0.15) is 0 Å². The smallest absolute Gasteiger partial charge is 0.308 e. The fraction of sp³-hybridized carbons (Fsp3) is 0.429. The number of thioether (sulfide) groups is 1. The van der Waals surface area contributed by atoms with E-state index in [1.165, 1.54) is 0 Å². The van der Waals surface area contributed by atoms with Crippen LogP contribution in [0.1, 0.15) is 31.0 Å². The molecule has 6 nitrogen and oxygen atoms in total. The average molecular weight is 513 g/mol. The van der Waals surface area contributed by atoms with Gasteiger partial charge in [-0.15, -0.1) is 11.8 Å². The van der Waals surface area contributed by atoms with Gasteiger partial charge in [-0.3, -0.25) is 9.78 Å². The average Bonchev–Trinajstić information content (AvgIpc) is 2.91. The molecule has 1 aliphatic rings. The number of ether oxygens (including phenoxy) is 2. The number of nitrogens with zero attached hydrogens (tertiary/aromatic N) is 2. The Morgan fingerprint density at radius 2 is 2.00 bits per heavy atom. The van der Waals surface area contributed by atoms with E-state index in [1.54, 1.807) is 38.2 Å². The summed E-state index contributed by atoms with van der Waals surface area (Å²) in [7, 11) is 3.24. The molecule has 0 unspecified atom stereocenters. The molecule has 3 atom stereocenters. The van der Waals surface area contributed by atoms with Gasteiger partial charge in [0.1, 0.15) is 17.7 Å². The highest BCUT2D eigenvalue weighted by molar-refractivity contribution is 7.99. The molecule has 1 aliphatic heterocycles. The highest BCUT2D eigenvalue weighted by Crippen LogP contribution is 2.35. The van der Waals surface area contributed by atoms with Gasteiger partial charge in [0.25, 0.3) is 0 Å². The monoisotopic (exact) mass is 512 g/mol. The predicted molar refractivity (Wildman–Crippen MR) is 141 cm³/mol. The van der Waals surface area contributed by atoms with Crippen LogP contribution in [0.3, 0.4) is 0 Å². The molecule has 1 fully saturated rings. The maximum absolute atomic E-state index is 15.4. The Kier molecular flexibility index (Phi) is 9.04. The van der Waals surface area contributed by atoms with Crippen LogP contribution in [0.25, 0.3) is 10.9 Å². The zero-order valence-electron chi connectivity index (χ0n) is 20.7. The summed E-state index contributed by atoms with van der Waals surface area (Å²) in [5, 5.41) is 10.6. The van der Waals surface area contributed by atoms with Crippen LogP contribution >= 0.6 is 11.8 Å². The largest absolute Gasteiger partial charge is 0.497 e. The number of alkyl halides is 1. The number of methoxy groups -OCH3 is 2. The first kappa shape index (κ1) is 26.2. The fourth-order valence-electron chi connectivity index (χ4n) is 4.94. The summed E-state index contributed by atoms with van der Waals surface area (Å²) in [6, 6.07) is 15.1. The van der Waals surface area contributed by atoms with Crippen molar-refractivity contribution < 1.29 is 23.8 Å². The minimum atomic E-state index is -1.19. The molecule has 0 bridgehead atoms. The fourth-order valence-corrected chi connectivity index (χ4v) is 5.90. The van der Waals surface area contributed by atoms with Gasteiger partial charge in [-0.25, -0.2) is 4.39 Å². The maximum atomic E-state index is 15.4. The molecule has 3 aromatic rings. The van der Waals surface area contributed by atoms with Gasteiger partial charge < -0.3 is 19.5 Å². The first-order valence-corrected chi connectivity index (χ1v) is 13.3. The van der Waals surface area contributed by atoms with Crippen molar-refractivity contribution in [2.75, 3.05) is 39.6 Å². The van der Waals surface area contributed by atoms with E-state index >= 15 is 4.39 Å². The van der Waals surface area contributed by atoms with Crippen LogP contribution in [0, 0.1) is 11.8 Å². The molecule has 1 saturated heterocycles. The molecule has 0 amide bonds. The number of carboxylic acid groups (broad SMARTS) is 1. The number of piperidine rings is 1. The van der Waals surface area contributed by atoms with Gasteiger partial charge in [-0.1, -0.05) is 6.07 Å². The number of hydrogen-bond acceptors (Lipinski definition) is 6. The zero-order chi connectivity index (χ0) is 25.5. The lowest BCUT2D eigenvalue weighted by molar-refractivity contribution is -0.146. The van der Waals surface area contributed by atoms with E-state index in [0.29, 0.717) is 24.3 Å². The Labute approximate surface area is 215 Å². The van der Waals surface area contributed by atoms with Crippen LogP contribution in [-0.4, -0.2) is 60.6 Å². The van der Waals surface area contributed by atoms with Gasteiger partial charge in [0, 0.05) is 35.3 Å². The van der Waals surface area contributed by atoms with E-state index in [4.69, 9.17) is 9.47 Å². The van der Waals surface area contributed by atoms with Gasteiger partial charge in [0.05, 0.1) is 25.7 Å². The number of hydrogen-bond donors (Lipinski definition) is 1. The molecule has 4 rings (SSSR count). The van der Waals surface area contributed by atoms with Crippen molar-refractivity contribution in [3.63, 3.8) is 0 Å². The van der Waals surface area contributed by atoms with Crippen LogP contribution in [0.15, 0.2) is 59.6 Å². The summed E-state index contributed by atoms with van der Waals surface area (Å²) < 4.78 is 26.0. The summed E-state index contributed by atoms with van der Waals surface area (Å²) in [5.41, 5.74) is 1.30. The molecule has 1 N–H and O–H groups in total. The molecule has 8 heteroatoms. The number of fused-ring (bicyclic) bond motifs is 1. The lowest BCUT2D eigenvalue weighted by Gasteiger charge is -2.36.